The van der Waals surface area contributed by atoms with E-state index in [4.69, 9.17) is 4.74 Å². The van der Waals surface area contributed by atoms with E-state index in [1.807, 2.05) is 12.1 Å². The molecular weight excluding hydrogens is 226 g/mol. The third kappa shape index (κ3) is 2.20. The van der Waals surface area contributed by atoms with E-state index in [1.54, 1.807) is 7.11 Å². The molecule has 1 aliphatic carbocycles. The maximum Gasteiger partial charge on any atom is 0.121 e. The van der Waals surface area contributed by atoms with Crippen LogP contribution in [0.1, 0.15) is 18.7 Å². The summed E-state index contributed by atoms with van der Waals surface area (Å²) in [6, 6.07) is 6.81. The molecule has 3 rings (SSSR count). The summed E-state index contributed by atoms with van der Waals surface area (Å²) in [6.07, 6.45) is 3.64. The van der Waals surface area contributed by atoms with Crippen LogP contribution >= 0.6 is 0 Å². The van der Waals surface area contributed by atoms with Gasteiger partial charge in [0.25, 0.3) is 0 Å². The zero-order chi connectivity index (χ0) is 12.5. The number of methoxy groups -OCH3 is 1. The minimum absolute atomic E-state index is 0.764. The van der Waals surface area contributed by atoms with Crippen molar-refractivity contribution in [3.63, 3.8) is 0 Å². The molecule has 1 N–H and O–H groups in total. The van der Waals surface area contributed by atoms with Crippen molar-refractivity contribution in [2.45, 2.75) is 25.3 Å². The molecule has 2 aromatic rings. The number of rotatable bonds is 5. The number of hydrogen-bond acceptors (Lipinski definition) is 3. The maximum atomic E-state index is 5.23. The van der Waals surface area contributed by atoms with Crippen LogP contribution in [-0.2, 0) is 13.5 Å². The average molecular weight is 245 g/mol. The van der Waals surface area contributed by atoms with Gasteiger partial charge in [0, 0.05) is 32.1 Å². The highest BCUT2D eigenvalue weighted by atomic mass is 16.5. The van der Waals surface area contributed by atoms with Gasteiger partial charge in [-0.3, -0.25) is 0 Å². The lowest BCUT2D eigenvalue weighted by molar-refractivity contribution is 0.415. The number of imidazole rings is 1. The molecule has 0 aliphatic heterocycles. The molecule has 1 fully saturated rings. The van der Waals surface area contributed by atoms with E-state index in [0.29, 0.717) is 0 Å². The second kappa shape index (κ2) is 4.61. The van der Waals surface area contributed by atoms with Crippen molar-refractivity contribution in [2.24, 2.45) is 7.05 Å². The number of nitrogens with zero attached hydrogens (tertiary/aromatic N) is 2. The number of aryl methyl sites for hydroxylation is 1. The van der Waals surface area contributed by atoms with Gasteiger partial charge in [0.05, 0.1) is 18.1 Å². The molecular formula is C14H19N3O. The molecule has 1 saturated carbocycles. The van der Waals surface area contributed by atoms with Gasteiger partial charge >= 0.3 is 0 Å². The summed E-state index contributed by atoms with van der Waals surface area (Å²) >= 11 is 0. The van der Waals surface area contributed by atoms with E-state index in [2.05, 4.69) is 28.0 Å². The topological polar surface area (TPSA) is 39.1 Å². The number of aromatic nitrogens is 2. The predicted octanol–water partition coefficient (Wildman–Crippen LogP) is 1.88. The van der Waals surface area contributed by atoms with Gasteiger partial charge < -0.3 is 14.6 Å². The van der Waals surface area contributed by atoms with E-state index >= 15 is 0 Å². The van der Waals surface area contributed by atoms with E-state index in [9.17, 15) is 0 Å². The van der Waals surface area contributed by atoms with Crippen LogP contribution in [0.2, 0.25) is 0 Å². The quantitative estimate of drug-likeness (QED) is 0.874. The fourth-order valence-electron chi connectivity index (χ4n) is 2.26. The Bertz CT molecular complexity index is 557. The first-order chi connectivity index (χ1) is 8.78. The smallest absolute Gasteiger partial charge is 0.121 e. The first-order valence-corrected chi connectivity index (χ1v) is 6.50. The molecule has 4 heteroatoms. The van der Waals surface area contributed by atoms with E-state index < -0.39 is 0 Å². The van der Waals surface area contributed by atoms with Gasteiger partial charge in [0.1, 0.15) is 11.6 Å². The first-order valence-electron chi connectivity index (χ1n) is 6.50. The van der Waals surface area contributed by atoms with Crippen molar-refractivity contribution >= 4 is 11.0 Å². The second-order valence-corrected chi connectivity index (χ2v) is 4.92. The van der Waals surface area contributed by atoms with Gasteiger partial charge in [0.15, 0.2) is 0 Å². The monoisotopic (exact) mass is 245 g/mol. The minimum atomic E-state index is 0.764. The van der Waals surface area contributed by atoms with Gasteiger partial charge in [-0.1, -0.05) is 0 Å². The van der Waals surface area contributed by atoms with Gasteiger partial charge in [-0.05, 0) is 25.0 Å². The standard InChI is InChI=1S/C14H19N3O/c1-17-13-6-5-11(18-2)9-12(13)16-14(17)7-8-15-10-3-4-10/h5-6,9-10,15H,3-4,7-8H2,1-2H3. The molecule has 0 atom stereocenters. The lowest BCUT2D eigenvalue weighted by atomic mass is 10.3. The second-order valence-electron chi connectivity index (χ2n) is 4.92. The summed E-state index contributed by atoms with van der Waals surface area (Å²) in [4.78, 5) is 4.68. The third-order valence-corrected chi connectivity index (χ3v) is 3.54. The summed E-state index contributed by atoms with van der Waals surface area (Å²) < 4.78 is 7.40. The number of fused-ring (bicyclic) bond motifs is 1. The largest absolute Gasteiger partial charge is 0.497 e. The molecule has 0 bridgehead atoms. The Hall–Kier alpha value is -1.55. The van der Waals surface area contributed by atoms with Crippen LogP contribution in [0, 0.1) is 0 Å². The Morgan fingerprint density at radius 1 is 1.44 bits per heavy atom. The summed E-state index contributed by atoms with van der Waals surface area (Å²) in [5.41, 5.74) is 2.18. The molecule has 0 amide bonds. The van der Waals surface area contributed by atoms with Crippen LogP contribution in [0.5, 0.6) is 5.75 Å². The normalized spacial score (nSPS) is 15.2. The molecule has 0 radical (unpaired) electrons. The van der Waals surface area contributed by atoms with Crippen molar-refractivity contribution in [3.05, 3.63) is 24.0 Å². The van der Waals surface area contributed by atoms with E-state index in [1.165, 1.54) is 12.8 Å². The molecule has 1 aromatic carbocycles. The molecule has 1 heterocycles. The Kier molecular flexibility index (Phi) is 2.96. The van der Waals surface area contributed by atoms with Crippen LogP contribution < -0.4 is 10.1 Å². The van der Waals surface area contributed by atoms with Gasteiger partial charge in [-0.2, -0.15) is 0 Å². The van der Waals surface area contributed by atoms with Gasteiger partial charge in [0.2, 0.25) is 0 Å². The van der Waals surface area contributed by atoms with E-state index in [0.717, 1.165) is 41.6 Å². The van der Waals surface area contributed by atoms with Gasteiger partial charge in [-0.25, -0.2) is 4.98 Å². The number of ether oxygens (including phenoxy) is 1. The Morgan fingerprint density at radius 3 is 3.00 bits per heavy atom. The molecule has 0 spiro atoms. The van der Waals surface area contributed by atoms with Gasteiger partial charge in [-0.15, -0.1) is 0 Å². The molecule has 0 saturated heterocycles. The molecule has 96 valence electrons. The van der Waals surface area contributed by atoms with E-state index in [-0.39, 0.29) is 0 Å². The number of nitrogens with one attached hydrogen (secondary N) is 1. The van der Waals surface area contributed by atoms with Crippen molar-refractivity contribution in [1.82, 2.24) is 14.9 Å². The third-order valence-electron chi connectivity index (χ3n) is 3.54. The molecule has 1 aromatic heterocycles. The van der Waals surface area contributed by atoms with Crippen molar-refractivity contribution in [3.8, 4) is 5.75 Å². The Balaban J connectivity index is 1.80. The lowest BCUT2D eigenvalue weighted by Crippen LogP contribution is -2.20. The zero-order valence-electron chi connectivity index (χ0n) is 10.9. The summed E-state index contributed by atoms with van der Waals surface area (Å²) in [5, 5.41) is 3.52. The first kappa shape index (κ1) is 11.5. The lowest BCUT2D eigenvalue weighted by Gasteiger charge is -2.03. The summed E-state index contributed by atoms with van der Waals surface area (Å²) in [5.74, 6) is 2.00. The van der Waals surface area contributed by atoms with Crippen LogP contribution in [0.3, 0.4) is 0 Å². The van der Waals surface area contributed by atoms with Crippen LogP contribution in [0.25, 0.3) is 11.0 Å². The average Bonchev–Trinajstić information content (AvgIpc) is 3.15. The summed E-state index contributed by atoms with van der Waals surface area (Å²) in [6.45, 7) is 1.01. The molecule has 4 nitrogen and oxygen atoms in total. The molecule has 0 unspecified atom stereocenters. The van der Waals surface area contributed by atoms with Crippen molar-refractivity contribution in [2.75, 3.05) is 13.7 Å². The Labute approximate surface area is 107 Å². The Morgan fingerprint density at radius 2 is 2.28 bits per heavy atom. The predicted molar refractivity (Wildman–Crippen MR) is 72.0 cm³/mol. The van der Waals surface area contributed by atoms with Crippen LogP contribution in [0.15, 0.2) is 18.2 Å². The molecule has 18 heavy (non-hydrogen) atoms. The summed E-state index contributed by atoms with van der Waals surface area (Å²) in [7, 11) is 3.76. The molecule has 1 aliphatic rings. The minimum Gasteiger partial charge on any atom is -0.497 e. The van der Waals surface area contributed by atoms with Crippen molar-refractivity contribution < 1.29 is 4.74 Å². The highest BCUT2D eigenvalue weighted by Gasteiger charge is 2.20. The highest BCUT2D eigenvalue weighted by molar-refractivity contribution is 5.77. The maximum absolute atomic E-state index is 5.23. The fourth-order valence-corrected chi connectivity index (χ4v) is 2.26. The SMILES string of the molecule is COc1ccc2c(c1)nc(CCNC1CC1)n2C. The fraction of sp³-hybridized carbons (Fsp3) is 0.500. The number of benzene rings is 1. The number of hydrogen-bond donors (Lipinski definition) is 1. The van der Waals surface area contributed by atoms with Crippen molar-refractivity contribution in [1.29, 1.82) is 0 Å². The van der Waals surface area contributed by atoms with Crippen LogP contribution in [-0.4, -0.2) is 29.2 Å². The highest BCUT2D eigenvalue weighted by Crippen LogP contribution is 2.21. The van der Waals surface area contributed by atoms with Crippen LogP contribution in [0.4, 0.5) is 0 Å². The zero-order valence-corrected chi connectivity index (χ0v) is 10.9.